The number of hydrogen-bond acceptors (Lipinski definition) is 2. The fraction of sp³-hybridized carbons (Fsp3) is 0.250. The fourth-order valence-corrected chi connectivity index (χ4v) is 2.94. The van der Waals surface area contributed by atoms with Crippen LogP contribution in [0, 0.1) is 0 Å². The topological polar surface area (TPSA) is 12.5 Å². The van der Waals surface area contributed by atoms with Crippen molar-refractivity contribution in [2.75, 3.05) is 14.1 Å². The van der Waals surface area contributed by atoms with E-state index in [-0.39, 0.29) is 6.92 Å². The lowest BCUT2D eigenvalue weighted by Gasteiger charge is -2.17. The molecule has 2 aromatic carbocycles. The number of benzene rings is 2. The highest BCUT2D eigenvalue weighted by atomic mass is 35.5. The van der Waals surface area contributed by atoms with Gasteiger partial charge in [-0.05, 0) is 48.3 Å². The summed E-state index contributed by atoms with van der Waals surface area (Å²) in [6.07, 6.45) is 0. The monoisotopic (exact) mass is 285 g/mol. The minimum atomic E-state index is 0.0263. The van der Waals surface area contributed by atoms with Gasteiger partial charge in [-0.25, -0.2) is 0 Å². The molecule has 2 aromatic rings. The molecular formula is C16H17BClNO. The Bertz CT molecular complexity index is 630. The van der Waals surface area contributed by atoms with Gasteiger partial charge in [-0.3, -0.25) is 0 Å². The number of fused-ring (bicyclic) bond motifs is 1. The normalized spacial score (nSPS) is 13.9. The molecule has 0 aliphatic carbocycles. The van der Waals surface area contributed by atoms with Crippen LogP contribution < -0.4 is 10.9 Å². The van der Waals surface area contributed by atoms with Gasteiger partial charge in [0.05, 0.1) is 6.61 Å². The van der Waals surface area contributed by atoms with Gasteiger partial charge in [-0.1, -0.05) is 41.9 Å². The molecule has 1 aliphatic heterocycles. The Balaban J connectivity index is 2.03. The molecule has 0 atom stereocenters. The highest BCUT2D eigenvalue weighted by Gasteiger charge is 2.31. The molecule has 2 nitrogen and oxygen atoms in total. The van der Waals surface area contributed by atoms with E-state index >= 15 is 0 Å². The Morgan fingerprint density at radius 1 is 1.15 bits per heavy atom. The van der Waals surface area contributed by atoms with E-state index in [9.17, 15) is 0 Å². The summed E-state index contributed by atoms with van der Waals surface area (Å²) < 4.78 is 6.01. The SMILES string of the molecule is CN(C)Cc1cc(Cl)ccc1B1OCc2ccccc21. The Morgan fingerprint density at radius 2 is 1.95 bits per heavy atom. The summed E-state index contributed by atoms with van der Waals surface area (Å²) in [4.78, 5) is 2.15. The maximum atomic E-state index is 6.15. The molecule has 0 bridgehead atoms. The van der Waals surface area contributed by atoms with E-state index in [0.29, 0.717) is 6.61 Å². The van der Waals surface area contributed by atoms with Crippen molar-refractivity contribution in [3.8, 4) is 0 Å². The van der Waals surface area contributed by atoms with Gasteiger partial charge < -0.3 is 9.55 Å². The van der Waals surface area contributed by atoms with Crippen LogP contribution in [0.3, 0.4) is 0 Å². The Kier molecular flexibility index (Phi) is 3.84. The second kappa shape index (κ2) is 5.61. The third-order valence-electron chi connectivity index (χ3n) is 3.62. The molecule has 0 N–H and O–H groups in total. The van der Waals surface area contributed by atoms with Crippen molar-refractivity contribution in [3.05, 3.63) is 58.6 Å². The Morgan fingerprint density at radius 3 is 2.75 bits per heavy atom. The Hall–Kier alpha value is -1.29. The van der Waals surface area contributed by atoms with Gasteiger partial charge in [0.2, 0.25) is 0 Å². The van der Waals surface area contributed by atoms with Crippen LogP contribution in [0.2, 0.25) is 5.02 Å². The fourth-order valence-electron chi connectivity index (χ4n) is 2.75. The van der Waals surface area contributed by atoms with E-state index in [0.717, 1.165) is 11.6 Å². The van der Waals surface area contributed by atoms with Crippen molar-refractivity contribution in [3.63, 3.8) is 0 Å². The van der Waals surface area contributed by atoms with Crippen LogP contribution in [0.15, 0.2) is 42.5 Å². The number of nitrogens with zero attached hydrogens (tertiary/aromatic N) is 1. The number of rotatable bonds is 3. The molecule has 1 aliphatic rings. The van der Waals surface area contributed by atoms with Crippen LogP contribution in [0.25, 0.3) is 0 Å². The summed E-state index contributed by atoms with van der Waals surface area (Å²) >= 11 is 6.15. The summed E-state index contributed by atoms with van der Waals surface area (Å²) in [6, 6.07) is 14.5. The van der Waals surface area contributed by atoms with Gasteiger partial charge >= 0.3 is 6.92 Å². The number of halogens is 1. The molecular weight excluding hydrogens is 268 g/mol. The van der Waals surface area contributed by atoms with E-state index < -0.39 is 0 Å². The first-order chi connectivity index (χ1) is 9.65. The Labute approximate surface area is 125 Å². The first kappa shape index (κ1) is 13.7. The van der Waals surface area contributed by atoms with Gasteiger partial charge in [0.1, 0.15) is 0 Å². The third-order valence-corrected chi connectivity index (χ3v) is 3.85. The minimum Gasteiger partial charge on any atom is -0.423 e. The average Bonchev–Trinajstić information content (AvgIpc) is 2.82. The summed E-state index contributed by atoms with van der Waals surface area (Å²) in [5.74, 6) is 0. The molecule has 0 radical (unpaired) electrons. The van der Waals surface area contributed by atoms with Crippen LogP contribution in [0.5, 0.6) is 0 Å². The molecule has 4 heteroatoms. The largest absolute Gasteiger partial charge is 0.423 e. The molecule has 0 amide bonds. The standard InChI is InChI=1S/C16H17BClNO/c1-19(2)10-13-9-14(18)7-8-16(13)17-15-6-4-3-5-12(15)11-20-17/h3-9H,10-11H2,1-2H3. The second-order valence-electron chi connectivity index (χ2n) is 5.47. The average molecular weight is 286 g/mol. The highest BCUT2D eigenvalue weighted by molar-refractivity contribution is 6.81. The van der Waals surface area contributed by atoms with Gasteiger partial charge in [0.25, 0.3) is 0 Å². The van der Waals surface area contributed by atoms with Crippen molar-refractivity contribution >= 4 is 29.4 Å². The molecule has 0 fully saturated rings. The molecule has 0 saturated carbocycles. The van der Waals surface area contributed by atoms with Crippen LogP contribution >= 0.6 is 11.6 Å². The molecule has 20 heavy (non-hydrogen) atoms. The maximum absolute atomic E-state index is 6.15. The predicted molar refractivity (Wildman–Crippen MR) is 85.1 cm³/mol. The van der Waals surface area contributed by atoms with Crippen LogP contribution in [0.4, 0.5) is 0 Å². The van der Waals surface area contributed by atoms with Gasteiger partial charge in [-0.2, -0.15) is 0 Å². The summed E-state index contributed by atoms with van der Waals surface area (Å²) in [7, 11) is 4.13. The van der Waals surface area contributed by atoms with E-state index in [1.807, 2.05) is 12.1 Å². The second-order valence-corrected chi connectivity index (χ2v) is 5.91. The van der Waals surface area contributed by atoms with Gasteiger partial charge in [-0.15, -0.1) is 0 Å². The zero-order valence-corrected chi connectivity index (χ0v) is 12.5. The lowest BCUT2D eigenvalue weighted by atomic mass is 9.54. The first-order valence-electron chi connectivity index (χ1n) is 6.77. The van der Waals surface area contributed by atoms with E-state index in [1.165, 1.54) is 22.1 Å². The molecule has 0 unspecified atom stereocenters. The third kappa shape index (κ3) is 2.62. The van der Waals surface area contributed by atoms with Gasteiger partial charge in [0, 0.05) is 11.6 Å². The maximum Gasteiger partial charge on any atom is 0.362 e. The molecule has 0 saturated heterocycles. The van der Waals surface area contributed by atoms with Crippen molar-refractivity contribution in [1.82, 2.24) is 4.90 Å². The zero-order valence-electron chi connectivity index (χ0n) is 11.8. The van der Waals surface area contributed by atoms with Crippen molar-refractivity contribution in [2.24, 2.45) is 0 Å². The molecule has 0 aromatic heterocycles. The van der Waals surface area contributed by atoms with E-state index in [2.05, 4.69) is 49.3 Å². The quantitative estimate of drug-likeness (QED) is 0.800. The first-order valence-corrected chi connectivity index (χ1v) is 7.15. The van der Waals surface area contributed by atoms with Crippen molar-refractivity contribution < 1.29 is 4.65 Å². The predicted octanol–water partition coefficient (Wildman–Crippen LogP) is 2.04. The molecule has 102 valence electrons. The van der Waals surface area contributed by atoms with Crippen molar-refractivity contribution in [2.45, 2.75) is 13.2 Å². The van der Waals surface area contributed by atoms with Crippen LogP contribution in [-0.2, 0) is 17.8 Å². The van der Waals surface area contributed by atoms with Crippen molar-refractivity contribution in [1.29, 1.82) is 0 Å². The molecule has 1 heterocycles. The van der Waals surface area contributed by atoms with E-state index in [4.69, 9.17) is 16.3 Å². The van der Waals surface area contributed by atoms with Crippen LogP contribution in [0.1, 0.15) is 11.1 Å². The molecule has 0 spiro atoms. The molecule has 3 rings (SSSR count). The minimum absolute atomic E-state index is 0.0263. The van der Waals surface area contributed by atoms with E-state index in [1.54, 1.807) is 0 Å². The summed E-state index contributed by atoms with van der Waals surface area (Å²) in [6.45, 7) is 1.57. The summed E-state index contributed by atoms with van der Waals surface area (Å²) in [5, 5.41) is 0.775. The lowest BCUT2D eigenvalue weighted by Crippen LogP contribution is -2.43. The van der Waals surface area contributed by atoms with Gasteiger partial charge in [0.15, 0.2) is 0 Å². The number of hydrogen-bond donors (Lipinski definition) is 0. The van der Waals surface area contributed by atoms with Crippen LogP contribution in [-0.4, -0.2) is 25.9 Å². The zero-order chi connectivity index (χ0) is 14.1. The summed E-state index contributed by atoms with van der Waals surface area (Å²) in [5.41, 5.74) is 5.00. The highest BCUT2D eigenvalue weighted by Crippen LogP contribution is 2.16. The smallest absolute Gasteiger partial charge is 0.362 e. The lowest BCUT2D eigenvalue weighted by molar-refractivity contribution is 0.336.